The molecule has 5 nitrogen and oxygen atoms in total. The average molecular weight is 275 g/mol. The summed E-state index contributed by atoms with van der Waals surface area (Å²) in [4.78, 5) is 0. The molecular weight excluding hydrogens is 254 g/mol. The summed E-state index contributed by atoms with van der Waals surface area (Å²) in [5.74, 6) is 1.67. The highest BCUT2D eigenvalue weighted by atomic mass is 16.5. The van der Waals surface area contributed by atoms with Crippen LogP contribution in [0.3, 0.4) is 0 Å². The predicted molar refractivity (Wildman–Crippen MR) is 78.2 cm³/mol. The third-order valence-corrected chi connectivity index (χ3v) is 3.06. The number of ether oxygens (including phenoxy) is 2. The van der Waals surface area contributed by atoms with Crippen molar-refractivity contribution in [2.45, 2.75) is 20.0 Å². The van der Waals surface area contributed by atoms with Gasteiger partial charge in [0.25, 0.3) is 0 Å². The lowest BCUT2D eigenvalue weighted by Gasteiger charge is -2.07. The zero-order valence-electron chi connectivity index (χ0n) is 12.2. The van der Waals surface area contributed by atoms with Gasteiger partial charge in [-0.15, -0.1) is 0 Å². The van der Waals surface area contributed by atoms with Crippen molar-refractivity contribution in [3.63, 3.8) is 0 Å². The van der Waals surface area contributed by atoms with E-state index < -0.39 is 0 Å². The minimum Gasteiger partial charge on any atom is -0.497 e. The molecule has 0 amide bonds. The van der Waals surface area contributed by atoms with E-state index in [1.54, 1.807) is 7.11 Å². The molecule has 1 aromatic carbocycles. The SMILES string of the molecule is CNCc1cn(CCOc2ccc(OC)cc2)nc1C. The molecule has 0 aliphatic carbocycles. The minimum absolute atomic E-state index is 0.590. The zero-order chi connectivity index (χ0) is 14.4. The van der Waals surface area contributed by atoms with Gasteiger partial charge >= 0.3 is 0 Å². The van der Waals surface area contributed by atoms with Crippen LogP contribution in [0, 0.1) is 6.92 Å². The van der Waals surface area contributed by atoms with E-state index in [2.05, 4.69) is 16.6 Å². The molecule has 0 aliphatic rings. The number of benzene rings is 1. The van der Waals surface area contributed by atoms with Crippen molar-refractivity contribution in [3.8, 4) is 11.5 Å². The van der Waals surface area contributed by atoms with Gasteiger partial charge in [0, 0.05) is 18.3 Å². The molecule has 2 aromatic rings. The third kappa shape index (κ3) is 3.74. The summed E-state index contributed by atoms with van der Waals surface area (Å²) >= 11 is 0. The number of aromatic nitrogens is 2. The van der Waals surface area contributed by atoms with Gasteiger partial charge in [-0.1, -0.05) is 0 Å². The second-order valence-corrected chi connectivity index (χ2v) is 4.56. The van der Waals surface area contributed by atoms with Crippen molar-refractivity contribution in [2.75, 3.05) is 20.8 Å². The van der Waals surface area contributed by atoms with Gasteiger partial charge in [-0.3, -0.25) is 4.68 Å². The molecule has 0 aliphatic heterocycles. The summed E-state index contributed by atoms with van der Waals surface area (Å²) in [6.07, 6.45) is 2.06. The largest absolute Gasteiger partial charge is 0.497 e. The van der Waals surface area contributed by atoms with Crippen LogP contribution < -0.4 is 14.8 Å². The first-order valence-corrected chi connectivity index (χ1v) is 6.67. The van der Waals surface area contributed by atoms with E-state index in [0.29, 0.717) is 6.61 Å². The number of nitrogens with one attached hydrogen (secondary N) is 1. The van der Waals surface area contributed by atoms with Gasteiger partial charge in [0.15, 0.2) is 0 Å². The molecule has 0 unspecified atom stereocenters. The van der Waals surface area contributed by atoms with Crippen LogP contribution in [0.25, 0.3) is 0 Å². The quantitative estimate of drug-likeness (QED) is 0.839. The number of aryl methyl sites for hydroxylation is 1. The van der Waals surface area contributed by atoms with E-state index in [-0.39, 0.29) is 0 Å². The summed E-state index contributed by atoms with van der Waals surface area (Å²) in [5.41, 5.74) is 2.28. The van der Waals surface area contributed by atoms with Crippen LogP contribution in [0.4, 0.5) is 0 Å². The fourth-order valence-electron chi connectivity index (χ4n) is 1.97. The monoisotopic (exact) mass is 275 g/mol. The Bertz CT molecular complexity index is 535. The fraction of sp³-hybridized carbons (Fsp3) is 0.400. The zero-order valence-corrected chi connectivity index (χ0v) is 12.2. The Kier molecular flexibility index (Phi) is 5.01. The van der Waals surface area contributed by atoms with Gasteiger partial charge in [0.2, 0.25) is 0 Å². The molecular formula is C15H21N3O2. The van der Waals surface area contributed by atoms with Crippen molar-refractivity contribution in [3.05, 3.63) is 41.7 Å². The number of nitrogens with zero attached hydrogens (tertiary/aromatic N) is 2. The van der Waals surface area contributed by atoms with Crippen molar-refractivity contribution in [1.29, 1.82) is 0 Å². The Morgan fingerprint density at radius 1 is 1.20 bits per heavy atom. The lowest BCUT2D eigenvalue weighted by atomic mass is 10.3. The van der Waals surface area contributed by atoms with Gasteiger partial charge in [0.1, 0.15) is 18.1 Å². The van der Waals surface area contributed by atoms with E-state index in [4.69, 9.17) is 9.47 Å². The number of hydrogen-bond acceptors (Lipinski definition) is 4. The number of rotatable bonds is 7. The molecule has 0 radical (unpaired) electrons. The average Bonchev–Trinajstić information content (AvgIpc) is 2.80. The molecule has 1 aromatic heterocycles. The first kappa shape index (κ1) is 14.4. The van der Waals surface area contributed by atoms with Crippen molar-refractivity contribution in [1.82, 2.24) is 15.1 Å². The van der Waals surface area contributed by atoms with Crippen LogP contribution in [0.15, 0.2) is 30.5 Å². The summed E-state index contributed by atoms with van der Waals surface area (Å²) in [7, 11) is 3.59. The topological polar surface area (TPSA) is 48.3 Å². The molecule has 1 N–H and O–H groups in total. The Morgan fingerprint density at radius 2 is 1.90 bits per heavy atom. The van der Waals surface area contributed by atoms with Gasteiger partial charge in [0.05, 0.1) is 19.3 Å². The highest BCUT2D eigenvalue weighted by Crippen LogP contribution is 2.17. The molecule has 0 saturated heterocycles. The molecule has 20 heavy (non-hydrogen) atoms. The molecule has 2 rings (SSSR count). The van der Waals surface area contributed by atoms with Crippen LogP contribution in [0.1, 0.15) is 11.3 Å². The number of methoxy groups -OCH3 is 1. The van der Waals surface area contributed by atoms with Gasteiger partial charge < -0.3 is 14.8 Å². The van der Waals surface area contributed by atoms with Crippen LogP contribution in [-0.2, 0) is 13.1 Å². The van der Waals surface area contributed by atoms with E-state index in [9.17, 15) is 0 Å². The van der Waals surface area contributed by atoms with Gasteiger partial charge in [-0.05, 0) is 38.2 Å². The van der Waals surface area contributed by atoms with Crippen LogP contribution in [0.2, 0.25) is 0 Å². The lowest BCUT2D eigenvalue weighted by Crippen LogP contribution is -2.09. The van der Waals surface area contributed by atoms with Crippen molar-refractivity contribution >= 4 is 0 Å². The van der Waals surface area contributed by atoms with Crippen LogP contribution in [-0.4, -0.2) is 30.5 Å². The van der Waals surface area contributed by atoms with Crippen LogP contribution >= 0.6 is 0 Å². The Morgan fingerprint density at radius 3 is 2.55 bits per heavy atom. The maximum atomic E-state index is 5.69. The van der Waals surface area contributed by atoms with Gasteiger partial charge in [-0.25, -0.2) is 0 Å². The minimum atomic E-state index is 0.590. The molecule has 0 atom stereocenters. The molecule has 5 heteroatoms. The lowest BCUT2D eigenvalue weighted by molar-refractivity contribution is 0.290. The highest BCUT2D eigenvalue weighted by Gasteiger charge is 2.03. The van der Waals surface area contributed by atoms with E-state index >= 15 is 0 Å². The Labute approximate surface area is 119 Å². The fourth-order valence-corrected chi connectivity index (χ4v) is 1.97. The Hall–Kier alpha value is -2.01. The number of hydrogen-bond donors (Lipinski definition) is 1. The summed E-state index contributed by atoms with van der Waals surface area (Å²) in [5, 5.41) is 7.60. The maximum absolute atomic E-state index is 5.69. The molecule has 1 heterocycles. The normalized spacial score (nSPS) is 10.6. The van der Waals surface area contributed by atoms with Gasteiger partial charge in [-0.2, -0.15) is 5.10 Å². The van der Waals surface area contributed by atoms with E-state index in [1.165, 1.54) is 5.56 Å². The second kappa shape index (κ2) is 6.96. The molecule has 0 bridgehead atoms. The molecule has 0 spiro atoms. The predicted octanol–water partition coefficient (Wildman–Crippen LogP) is 2.00. The van der Waals surface area contributed by atoms with E-state index in [1.807, 2.05) is 42.9 Å². The molecule has 108 valence electrons. The van der Waals surface area contributed by atoms with E-state index in [0.717, 1.165) is 30.3 Å². The standard InChI is InChI=1S/C15H21N3O2/c1-12-13(10-16-2)11-18(17-12)8-9-20-15-6-4-14(19-3)5-7-15/h4-7,11,16H,8-10H2,1-3H3. The summed E-state index contributed by atoms with van der Waals surface area (Å²) in [6.45, 7) is 4.18. The summed E-state index contributed by atoms with van der Waals surface area (Å²) < 4.78 is 12.7. The molecule has 0 fully saturated rings. The third-order valence-electron chi connectivity index (χ3n) is 3.06. The smallest absolute Gasteiger partial charge is 0.119 e. The van der Waals surface area contributed by atoms with Crippen molar-refractivity contribution < 1.29 is 9.47 Å². The first-order valence-electron chi connectivity index (χ1n) is 6.67. The van der Waals surface area contributed by atoms with Crippen LogP contribution in [0.5, 0.6) is 11.5 Å². The molecule has 0 saturated carbocycles. The second-order valence-electron chi connectivity index (χ2n) is 4.56. The highest BCUT2D eigenvalue weighted by molar-refractivity contribution is 5.31. The summed E-state index contributed by atoms with van der Waals surface area (Å²) in [6, 6.07) is 7.58. The van der Waals surface area contributed by atoms with Crippen molar-refractivity contribution in [2.24, 2.45) is 0 Å². The first-order chi connectivity index (χ1) is 9.72. The maximum Gasteiger partial charge on any atom is 0.119 e. The Balaban J connectivity index is 1.84.